The zero-order chi connectivity index (χ0) is 10.7. The summed E-state index contributed by atoms with van der Waals surface area (Å²) in [6, 6.07) is 5.15. The second-order valence-electron chi connectivity index (χ2n) is 3.05. The highest BCUT2D eigenvalue weighted by Gasteiger charge is 2.06. The molecular formula is C11H12N2O2. The van der Waals surface area contributed by atoms with Gasteiger partial charge >= 0.3 is 0 Å². The van der Waals surface area contributed by atoms with Crippen molar-refractivity contribution < 1.29 is 9.84 Å². The number of ether oxygens (including phenoxy) is 1. The van der Waals surface area contributed by atoms with Gasteiger partial charge in [-0.1, -0.05) is 0 Å². The maximum atomic E-state index is 9.51. The fourth-order valence-corrected chi connectivity index (χ4v) is 1.36. The number of imidazole rings is 1. The number of aromatic nitrogens is 2. The molecule has 0 aliphatic heterocycles. The Morgan fingerprint density at radius 1 is 1.47 bits per heavy atom. The Hall–Kier alpha value is -1.97. The van der Waals surface area contributed by atoms with Gasteiger partial charge in [-0.2, -0.15) is 0 Å². The van der Waals surface area contributed by atoms with E-state index in [0.717, 1.165) is 11.4 Å². The third kappa shape index (κ3) is 1.93. The largest absolute Gasteiger partial charge is 0.504 e. The van der Waals surface area contributed by atoms with Crippen LogP contribution in [-0.2, 0) is 0 Å². The number of H-pyrrole nitrogens is 1. The summed E-state index contributed by atoms with van der Waals surface area (Å²) in [5.74, 6) is 1.38. The minimum absolute atomic E-state index is 0.146. The predicted molar refractivity (Wildman–Crippen MR) is 56.9 cm³/mol. The molecule has 4 nitrogen and oxygen atoms in total. The number of phenols is 1. The third-order valence-corrected chi connectivity index (χ3v) is 2.03. The van der Waals surface area contributed by atoms with Crippen molar-refractivity contribution in [2.24, 2.45) is 0 Å². The van der Waals surface area contributed by atoms with E-state index in [1.54, 1.807) is 30.6 Å². The minimum atomic E-state index is 0.146. The van der Waals surface area contributed by atoms with Crippen molar-refractivity contribution in [1.82, 2.24) is 9.97 Å². The van der Waals surface area contributed by atoms with Gasteiger partial charge in [-0.25, -0.2) is 4.98 Å². The molecule has 1 aromatic heterocycles. The lowest BCUT2D eigenvalue weighted by Gasteiger charge is -2.06. The van der Waals surface area contributed by atoms with Crippen LogP contribution in [-0.4, -0.2) is 21.7 Å². The zero-order valence-corrected chi connectivity index (χ0v) is 8.40. The number of rotatable bonds is 3. The summed E-state index contributed by atoms with van der Waals surface area (Å²) in [4.78, 5) is 7.12. The van der Waals surface area contributed by atoms with Crippen molar-refractivity contribution >= 4 is 0 Å². The molecule has 0 fully saturated rings. The number of benzene rings is 1. The van der Waals surface area contributed by atoms with E-state index in [-0.39, 0.29) is 5.75 Å². The van der Waals surface area contributed by atoms with Crippen molar-refractivity contribution in [3.05, 3.63) is 30.6 Å². The summed E-state index contributed by atoms with van der Waals surface area (Å²) in [5, 5.41) is 9.51. The van der Waals surface area contributed by atoms with E-state index < -0.39 is 0 Å². The van der Waals surface area contributed by atoms with Gasteiger partial charge in [0.1, 0.15) is 5.82 Å². The van der Waals surface area contributed by atoms with Gasteiger partial charge in [-0.15, -0.1) is 0 Å². The summed E-state index contributed by atoms with van der Waals surface area (Å²) >= 11 is 0. The Bertz CT molecular complexity index is 438. The van der Waals surface area contributed by atoms with Gasteiger partial charge in [0.05, 0.1) is 6.61 Å². The van der Waals surface area contributed by atoms with Crippen molar-refractivity contribution in [3.8, 4) is 22.9 Å². The maximum Gasteiger partial charge on any atom is 0.161 e. The zero-order valence-electron chi connectivity index (χ0n) is 8.40. The van der Waals surface area contributed by atoms with Crippen LogP contribution in [0.5, 0.6) is 11.5 Å². The van der Waals surface area contributed by atoms with E-state index in [0.29, 0.717) is 12.4 Å². The number of aromatic amines is 1. The van der Waals surface area contributed by atoms with Crippen LogP contribution in [0.25, 0.3) is 11.4 Å². The highest BCUT2D eigenvalue weighted by Crippen LogP contribution is 2.30. The molecule has 78 valence electrons. The molecule has 0 bridgehead atoms. The van der Waals surface area contributed by atoms with Crippen LogP contribution in [0.4, 0.5) is 0 Å². The topological polar surface area (TPSA) is 58.1 Å². The Balaban J connectivity index is 2.38. The number of aromatic hydroxyl groups is 1. The van der Waals surface area contributed by atoms with Crippen molar-refractivity contribution in [1.29, 1.82) is 0 Å². The van der Waals surface area contributed by atoms with Crippen molar-refractivity contribution in [3.63, 3.8) is 0 Å². The van der Waals surface area contributed by atoms with Gasteiger partial charge in [0.15, 0.2) is 11.5 Å². The lowest BCUT2D eigenvalue weighted by Crippen LogP contribution is -1.92. The quantitative estimate of drug-likeness (QED) is 0.805. The molecule has 2 aromatic rings. The molecule has 0 radical (unpaired) electrons. The van der Waals surface area contributed by atoms with E-state index >= 15 is 0 Å². The Morgan fingerprint density at radius 2 is 2.33 bits per heavy atom. The van der Waals surface area contributed by atoms with E-state index in [1.807, 2.05) is 6.92 Å². The van der Waals surface area contributed by atoms with Crippen molar-refractivity contribution in [2.45, 2.75) is 6.92 Å². The van der Waals surface area contributed by atoms with Crippen LogP contribution in [0.1, 0.15) is 6.92 Å². The predicted octanol–water partition coefficient (Wildman–Crippen LogP) is 2.18. The van der Waals surface area contributed by atoms with E-state index in [9.17, 15) is 5.11 Å². The monoisotopic (exact) mass is 204 g/mol. The fraction of sp³-hybridized carbons (Fsp3) is 0.182. The number of nitrogens with zero attached hydrogens (tertiary/aromatic N) is 1. The lowest BCUT2D eigenvalue weighted by atomic mass is 10.2. The molecule has 1 aromatic carbocycles. The summed E-state index contributed by atoms with van der Waals surface area (Å²) < 4.78 is 5.28. The summed E-state index contributed by atoms with van der Waals surface area (Å²) in [6.07, 6.45) is 3.44. The van der Waals surface area contributed by atoms with E-state index in [4.69, 9.17) is 4.74 Å². The van der Waals surface area contributed by atoms with Crippen LogP contribution >= 0.6 is 0 Å². The summed E-state index contributed by atoms with van der Waals surface area (Å²) in [5.41, 5.74) is 0.890. The molecular weight excluding hydrogens is 192 g/mol. The Labute approximate surface area is 87.6 Å². The molecule has 0 aliphatic carbocycles. The molecule has 0 amide bonds. The number of nitrogens with one attached hydrogen (secondary N) is 1. The Kier molecular flexibility index (Phi) is 2.58. The lowest BCUT2D eigenvalue weighted by molar-refractivity contribution is 0.318. The highest BCUT2D eigenvalue weighted by atomic mass is 16.5. The van der Waals surface area contributed by atoms with Gasteiger partial charge in [0, 0.05) is 18.0 Å². The molecule has 0 saturated carbocycles. The minimum Gasteiger partial charge on any atom is -0.504 e. The molecule has 4 heteroatoms. The molecule has 0 aliphatic rings. The smallest absolute Gasteiger partial charge is 0.161 e. The van der Waals surface area contributed by atoms with Crippen LogP contribution in [0.15, 0.2) is 30.6 Å². The average Bonchev–Trinajstić information content (AvgIpc) is 2.75. The molecule has 1 heterocycles. The van der Waals surface area contributed by atoms with Gasteiger partial charge in [0.2, 0.25) is 0 Å². The first kappa shape index (κ1) is 9.58. The molecule has 0 saturated heterocycles. The second-order valence-corrected chi connectivity index (χ2v) is 3.05. The van der Waals surface area contributed by atoms with Gasteiger partial charge in [-0.05, 0) is 25.1 Å². The second kappa shape index (κ2) is 4.04. The number of phenolic OH excluding ortho intramolecular Hbond substituents is 1. The molecule has 15 heavy (non-hydrogen) atoms. The highest BCUT2D eigenvalue weighted by molar-refractivity contribution is 5.60. The van der Waals surface area contributed by atoms with E-state index in [1.165, 1.54) is 0 Å². The standard InChI is InChI=1S/C11H12N2O2/c1-2-15-10-7-8(3-4-9(10)14)11-12-5-6-13-11/h3-7,14H,2H2,1H3,(H,12,13). The van der Waals surface area contributed by atoms with Crippen LogP contribution in [0.3, 0.4) is 0 Å². The number of hydrogen-bond acceptors (Lipinski definition) is 3. The molecule has 0 atom stereocenters. The van der Waals surface area contributed by atoms with Gasteiger partial charge < -0.3 is 14.8 Å². The SMILES string of the molecule is CCOc1cc(-c2ncc[nH]2)ccc1O. The Morgan fingerprint density at radius 3 is 3.00 bits per heavy atom. The normalized spacial score (nSPS) is 10.2. The molecule has 0 unspecified atom stereocenters. The first-order valence-electron chi connectivity index (χ1n) is 4.77. The molecule has 0 spiro atoms. The van der Waals surface area contributed by atoms with Gasteiger partial charge in [-0.3, -0.25) is 0 Å². The maximum absolute atomic E-state index is 9.51. The van der Waals surface area contributed by atoms with Gasteiger partial charge in [0.25, 0.3) is 0 Å². The van der Waals surface area contributed by atoms with Crippen LogP contribution < -0.4 is 4.74 Å². The summed E-state index contributed by atoms with van der Waals surface area (Å²) in [6.45, 7) is 2.40. The average molecular weight is 204 g/mol. The van der Waals surface area contributed by atoms with Crippen molar-refractivity contribution in [2.75, 3.05) is 6.61 Å². The summed E-state index contributed by atoms with van der Waals surface area (Å²) in [7, 11) is 0. The first-order valence-corrected chi connectivity index (χ1v) is 4.77. The number of hydrogen-bond donors (Lipinski definition) is 2. The van der Waals surface area contributed by atoms with E-state index in [2.05, 4.69) is 9.97 Å². The third-order valence-electron chi connectivity index (χ3n) is 2.03. The molecule has 2 rings (SSSR count). The molecule has 2 N–H and O–H groups in total. The van der Waals surface area contributed by atoms with Crippen LogP contribution in [0, 0.1) is 0 Å². The van der Waals surface area contributed by atoms with Crippen LogP contribution in [0.2, 0.25) is 0 Å². The fourth-order valence-electron chi connectivity index (χ4n) is 1.36. The first-order chi connectivity index (χ1) is 7.31.